The van der Waals surface area contributed by atoms with Crippen LogP contribution in [0.5, 0.6) is 0 Å². The van der Waals surface area contributed by atoms with Crippen LogP contribution in [0.3, 0.4) is 0 Å². The van der Waals surface area contributed by atoms with Crippen LogP contribution in [-0.2, 0) is 0 Å². The number of rotatable bonds is 6. The van der Waals surface area contributed by atoms with Gasteiger partial charge in [0.05, 0.1) is 0 Å². The van der Waals surface area contributed by atoms with Crippen molar-refractivity contribution >= 4 is 22.4 Å². The molecular weight excluding hydrogens is 272 g/mol. The normalized spacial score (nSPS) is 22.5. The molecule has 0 bridgehead atoms. The summed E-state index contributed by atoms with van der Waals surface area (Å²) >= 11 is 1.33. The molecule has 2 N–H and O–H groups in total. The second kappa shape index (κ2) is 7.57. The third-order valence-electron chi connectivity index (χ3n) is 3.84. The lowest BCUT2D eigenvalue weighted by Crippen LogP contribution is -2.38. The Morgan fingerprint density at radius 1 is 1.35 bits per heavy atom. The van der Waals surface area contributed by atoms with Crippen LogP contribution in [0, 0.1) is 5.92 Å². The zero-order chi connectivity index (χ0) is 14.4. The van der Waals surface area contributed by atoms with Gasteiger partial charge >= 0.3 is 0 Å². The summed E-state index contributed by atoms with van der Waals surface area (Å²) in [6, 6.07) is 0.303. The molecule has 1 aromatic rings. The molecule has 5 nitrogen and oxygen atoms in total. The van der Waals surface area contributed by atoms with Gasteiger partial charge in [-0.1, -0.05) is 44.4 Å². The Morgan fingerprint density at radius 2 is 2.20 bits per heavy atom. The van der Waals surface area contributed by atoms with Gasteiger partial charge in [-0.25, -0.2) is 0 Å². The van der Waals surface area contributed by atoms with E-state index in [1.54, 1.807) is 0 Å². The molecule has 1 aliphatic rings. The average molecular weight is 296 g/mol. The lowest BCUT2D eigenvalue weighted by Gasteiger charge is -2.28. The largest absolute Gasteiger partial charge is 0.360 e. The minimum Gasteiger partial charge on any atom is -0.360 e. The fourth-order valence-electron chi connectivity index (χ4n) is 2.66. The molecule has 6 heteroatoms. The van der Waals surface area contributed by atoms with Crippen LogP contribution in [0.15, 0.2) is 0 Å². The topological polar surface area (TPSA) is 66.9 Å². The Labute approximate surface area is 124 Å². The Morgan fingerprint density at radius 3 is 2.95 bits per heavy atom. The quantitative estimate of drug-likeness (QED) is 0.846. The highest BCUT2D eigenvalue weighted by Gasteiger charge is 2.23. The van der Waals surface area contributed by atoms with Crippen LogP contribution in [0.25, 0.3) is 0 Å². The van der Waals surface area contributed by atoms with Crippen molar-refractivity contribution in [2.75, 3.05) is 11.9 Å². The molecule has 2 unspecified atom stereocenters. The van der Waals surface area contributed by atoms with Gasteiger partial charge in [0.25, 0.3) is 5.91 Å². The van der Waals surface area contributed by atoms with Crippen molar-refractivity contribution in [3.63, 3.8) is 0 Å². The fourth-order valence-corrected chi connectivity index (χ4v) is 3.33. The van der Waals surface area contributed by atoms with Crippen LogP contribution in [0.1, 0.15) is 62.2 Å². The standard InChI is InChI=1S/C14H24N4OS/c1-3-8-15-14-18-17-13(20-14)12(19)16-11-7-5-6-10(4-2)9-11/h10-11H,3-9H2,1-2H3,(H,15,18)(H,16,19). The number of nitrogens with one attached hydrogen (secondary N) is 2. The van der Waals surface area contributed by atoms with Crippen molar-refractivity contribution in [3.05, 3.63) is 5.01 Å². The van der Waals surface area contributed by atoms with E-state index >= 15 is 0 Å². The van der Waals surface area contributed by atoms with Crippen molar-refractivity contribution in [1.29, 1.82) is 0 Å². The van der Waals surface area contributed by atoms with Crippen LogP contribution in [0.4, 0.5) is 5.13 Å². The van der Waals surface area contributed by atoms with E-state index in [2.05, 4.69) is 34.7 Å². The van der Waals surface area contributed by atoms with E-state index in [1.807, 2.05) is 0 Å². The zero-order valence-corrected chi connectivity index (χ0v) is 13.1. The summed E-state index contributed by atoms with van der Waals surface area (Å²) in [6.07, 6.45) is 6.93. The number of hydrogen-bond acceptors (Lipinski definition) is 5. The van der Waals surface area contributed by atoms with E-state index in [9.17, 15) is 4.79 Å². The first-order valence-corrected chi connectivity index (χ1v) is 8.42. The van der Waals surface area contributed by atoms with Crippen LogP contribution < -0.4 is 10.6 Å². The average Bonchev–Trinajstić information content (AvgIpc) is 2.94. The molecule has 1 saturated carbocycles. The highest BCUT2D eigenvalue weighted by atomic mass is 32.1. The zero-order valence-electron chi connectivity index (χ0n) is 12.3. The van der Waals surface area contributed by atoms with Crippen molar-refractivity contribution in [3.8, 4) is 0 Å². The minimum absolute atomic E-state index is 0.0752. The van der Waals surface area contributed by atoms with Gasteiger partial charge in [0.15, 0.2) is 0 Å². The third kappa shape index (κ3) is 4.16. The van der Waals surface area contributed by atoms with E-state index in [0.717, 1.165) is 36.9 Å². The Kier molecular flexibility index (Phi) is 5.76. The van der Waals surface area contributed by atoms with Gasteiger partial charge in [0.1, 0.15) is 0 Å². The molecular formula is C14H24N4OS. The lowest BCUT2D eigenvalue weighted by molar-refractivity contribution is 0.0918. The number of amides is 1. The molecule has 1 aromatic heterocycles. The predicted octanol–water partition coefficient (Wildman–Crippen LogP) is 3.06. The van der Waals surface area contributed by atoms with Crippen molar-refractivity contribution < 1.29 is 4.79 Å². The second-order valence-corrected chi connectivity index (χ2v) is 6.43. The monoisotopic (exact) mass is 296 g/mol. The number of carbonyl (C=O) groups excluding carboxylic acids is 1. The molecule has 0 saturated heterocycles. The van der Waals surface area contributed by atoms with Crippen LogP contribution in [0.2, 0.25) is 0 Å². The highest BCUT2D eigenvalue weighted by molar-refractivity contribution is 7.17. The lowest BCUT2D eigenvalue weighted by atomic mass is 9.84. The molecule has 0 radical (unpaired) electrons. The van der Waals surface area contributed by atoms with Gasteiger partial charge < -0.3 is 10.6 Å². The molecule has 2 atom stereocenters. The molecule has 2 rings (SSSR count). The van der Waals surface area contributed by atoms with Gasteiger partial charge in [0.2, 0.25) is 10.1 Å². The van der Waals surface area contributed by atoms with E-state index in [4.69, 9.17) is 0 Å². The van der Waals surface area contributed by atoms with Crippen molar-refractivity contribution in [2.45, 2.75) is 58.4 Å². The van der Waals surface area contributed by atoms with Gasteiger partial charge in [-0.15, -0.1) is 10.2 Å². The SMILES string of the molecule is CCCNc1nnc(C(=O)NC2CCCC(CC)C2)s1. The summed E-state index contributed by atoms with van der Waals surface area (Å²) in [6.45, 7) is 5.18. The fraction of sp³-hybridized carbons (Fsp3) is 0.786. The molecule has 0 spiro atoms. The summed E-state index contributed by atoms with van der Waals surface area (Å²) in [5, 5.41) is 15.4. The maximum absolute atomic E-state index is 12.2. The molecule has 1 amide bonds. The summed E-state index contributed by atoms with van der Waals surface area (Å²) in [5.74, 6) is 0.680. The molecule has 20 heavy (non-hydrogen) atoms. The maximum atomic E-state index is 12.2. The van der Waals surface area contributed by atoms with Crippen LogP contribution >= 0.6 is 11.3 Å². The first-order chi connectivity index (χ1) is 9.72. The smallest absolute Gasteiger partial charge is 0.282 e. The summed E-state index contributed by atoms with van der Waals surface area (Å²) in [7, 11) is 0. The molecule has 1 fully saturated rings. The van der Waals surface area contributed by atoms with Gasteiger partial charge in [0, 0.05) is 12.6 Å². The second-order valence-electron chi connectivity index (χ2n) is 5.45. The van der Waals surface area contributed by atoms with E-state index in [0.29, 0.717) is 11.0 Å². The Balaban J connectivity index is 1.86. The predicted molar refractivity (Wildman–Crippen MR) is 82.2 cm³/mol. The van der Waals surface area contributed by atoms with Crippen molar-refractivity contribution in [2.24, 2.45) is 5.92 Å². The first kappa shape index (κ1) is 15.2. The summed E-state index contributed by atoms with van der Waals surface area (Å²) in [4.78, 5) is 12.2. The Bertz CT molecular complexity index is 435. The molecule has 1 aliphatic carbocycles. The maximum Gasteiger partial charge on any atom is 0.282 e. The molecule has 0 aliphatic heterocycles. The molecule has 0 aromatic carbocycles. The molecule has 112 valence electrons. The third-order valence-corrected chi connectivity index (χ3v) is 4.72. The number of hydrogen-bond donors (Lipinski definition) is 2. The summed E-state index contributed by atoms with van der Waals surface area (Å²) in [5.41, 5.74) is 0. The van der Waals surface area contributed by atoms with E-state index in [1.165, 1.54) is 30.6 Å². The van der Waals surface area contributed by atoms with Crippen LogP contribution in [-0.4, -0.2) is 28.7 Å². The van der Waals surface area contributed by atoms with Crippen molar-refractivity contribution in [1.82, 2.24) is 15.5 Å². The number of anilines is 1. The summed E-state index contributed by atoms with van der Waals surface area (Å²) < 4.78 is 0. The Hall–Kier alpha value is -1.17. The minimum atomic E-state index is -0.0752. The van der Waals surface area contributed by atoms with E-state index in [-0.39, 0.29) is 5.91 Å². The van der Waals surface area contributed by atoms with Gasteiger partial charge in [-0.3, -0.25) is 4.79 Å². The van der Waals surface area contributed by atoms with Gasteiger partial charge in [-0.05, 0) is 25.2 Å². The highest BCUT2D eigenvalue weighted by Crippen LogP contribution is 2.27. The number of nitrogens with zero attached hydrogens (tertiary/aromatic N) is 2. The number of aromatic nitrogens is 2. The first-order valence-electron chi connectivity index (χ1n) is 7.61. The number of carbonyl (C=O) groups is 1. The van der Waals surface area contributed by atoms with E-state index < -0.39 is 0 Å². The molecule has 1 heterocycles. The van der Waals surface area contributed by atoms with Gasteiger partial charge in [-0.2, -0.15) is 0 Å².